The molecule has 1 aliphatic rings. The van der Waals surface area contributed by atoms with Crippen LogP contribution in [0.1, 0.15) is 5.82 Å². The minimum atomic E-state index is -0.427. The third-order valence-corrected chi connectivity index (χ3v) is 3.37. The number of fused-ring (bicyclic) bond motifs is 1. The number of carbonyl (C=O) groups excluding carboxylic acids is 1. The van der Waals surface area contributed by atoms with Gasteiger partial charge in [0.25, 0.3) is 0 Å². The van der Waals surface area contributed by atoms with Gasteiger partial charge in [-0.3, -0.25) is 4.79 Å². The average Bonchev–Trinajstić information content (AvgIpc) is 2.89. The van der Waals surface area contributed by atoms with Gasteiger partial charge in [0.2, 0.25) is 5.91 Å². The predicted molar refractivity (Wildman–Crippen MR) is 75.4 cm³/mol. The predicted octanol–water partition coefficient (Wildman–Crippen LogP) is 0.349. The molecule has 0 saturated carbocycles. The Labute approximate surface area is 121 Å². The molecule has 112 valence electrons. The number of carbonyl (C=O) groups is 1. The zero-order chi connectivity index (χ0) is 14.7. The van der Waals surface area contributed by atoms with Crippen LogP contribution in [-0.2, 0) is 16.0 Å². The van der Waals surface area contributed by atoms with E-state index in [0.717, 1.165) is 17.9 Å². The topological polar surface area (TPSA) is 79.0 Å². The Morgan fingerprint density at radius 2 is 2.43 bits per heavy atom. The fourth-order valence-corrected chi connectivity index (χ4v) is 2.30. The van der Waals surface area contributed by atoms with Gasteiger partial charge < -0.3 is 20.4 Å². The number of rotatable bonds is 4. The molecule has 0 unspecified atom stereocenters. The Hall–Kier alpha value is -1.99. The number of amides is 1. The van der Waals surface area contributed by atoms with Crippen LogP contribution in [0, 0.1) is 5.82 Å². The van der Waals surface area contributed by atoms with E-state index >= 15 is 0 Å². The monoisotopic (exact) mass is 292 g/mol. The molecular weight excluding hydrogens is 275 g/mol. The van der Waals surface area contributed by atoms with Crippen molar-refractivity contribution in [3.63, 3.8) is 0 Å². The van der Waals surface area contributed by atoms with Gasteiger partial charge in [-0.25, -0.2) is 9.37 Å². The number of aromatic nitrogens is 2. The Bertz CT molecular complexity index is 637. The van der Waals surface area contributed by atoms with E-state index in [0.29, 0.717) is 31.6 Å². The number of morpholine rings is 1. The molecule has 21 heavy (non-hydrogen) atoms. The molecule has 7 heteroatoms. The smallest absolute Gasteiger partial charge is 0.250 e. The number of aromatic amines is 1. The normalized spacial score (nSPS) is 18.8. The summed E-state index contributed by atoms with van der Waals surface area (Å²) in [5, 5.41) is 5.93. The second-order valence-electron chi connectivity index (χ2n) is 4.95. The van der Waals surface area contributed by atoms with Gasteiger partial charge in [0.1, 0.15) is 17.7 Å². The zero-order valence-corrected chi connectivity index (χ0v) is 11.5. The number of benzene rings is 1. The summed E-state index contributed by atoms with van der Waals surface area (Å²) < 4.78 is 18.4. The van der Waals surface area contributed by atoms with Crippen LogP contribution in [0.2, 0.25) is 0 Å². The fraction of sp³-hybridized carbons (Fsp3) is 0.429. The minimum absolute atomic E-state index is 0.121. The third kappa shape index (κ3) is 3.37. The molecule has 1 aliphatic heterocycles. The van der Waals surface area contributed by atoms with E-state index in [9.17, 15) is 9.18 Å². The number of ether oxygens (including phenoxy) is 1. The van der Waals surface area contributed by atoms with E-state index in [1.54, 1.807) is 6.07 Å². The highest BCUT2D eigenvalue weighted by Gasteiger charge is 2.21. The summed E-state index contributed by atoms with van der Waals surface area (Å²) >= 11 is 0. The molecule has 1 saturated heterocycles. The molecule has 0 aliphatic carbocycles. The summed E-state index contributed by atoms with van der Waals surface area (Å²) in [6.45, 7) is 2.32. The number of imidazole rings is 1. The summed E-state index contributed by atoms with van der Waals surface area (Å²) in [6, 6.07) is 4.42. The number of halogens is 1. The van der Waals surface area contributed by atoms with Crippen LogP contribution in [0.5, 0.6) is 0 Å². The van der Waals surface area contributed by atoms with Gasteiger partial charge in [0.05, 0.1) is 17.6 Å². The van der Waals surface area contributed by atoms with Crippen LogP contribution in [-0.4, -0.2) is 48.2 Å². The van der Waals surface area contributed by atoms with Crippen molar-refractivity contribution < 1.29 is 13.9 Å². The van der Waals surface area contributed by atoms with Crippen LogP contribution < -0.4 is 10.6 Å². The first kappa shape index (κ1) is 14.0. The maximum atomic E-state index is 13.1. The van der Waals surface area contributed by atoms with Gasteiger partial charge in [0, 0.05) is 26.1 Å². The number of H-pyrrole nitrogens is 1. The van der Waals surface area contributed by atoms with Crippen molar-refractivity contribution in [3.8, 4) is 0 Å². The molecular formula is C14H17FN4O2. The maximum absolute atomic E-state index is 13.1. The van der Waals surface area contributed by atoms with Crippen molar-refractivity contribution in [1.29, 1.82) is 0 Å². The standard InChI is InChI=1S/C14H17FN4O2/c15-9-1-2-10-11(7-9)19-13(18-10)3-4-17-14(20)12-8-16-5-6-21-12/h1-2,7,12,16H,3-6,8H2,(H,17,20)(H,18,19)/t12-/m1/s1. The van der Waals surface area contributed by atoms with Crippen molar-refractivity contribution >= 4 is 16.9 Å². The molecule has 6 nitrogen and oxygen atoms in total. The molecule has 3 N–H and O–H groups in total. The van der Waals surface area contributed by atoms with E-state index in [2.05, 4.69) is 20.6 Å². The first-order chi connectivity index (χ1) is 10.2. The van der Waals surface area contributed by atoms with Crippen LogP contribution in [0.15, 0.2) is 18.2 Å². The molecule has 1 fully saturated rings. The highest BCUT2D eigenvalue weighted by molar-refractivity contribution is 5.81. The highest BCUT2D eigenvalue weighted by Crippen LogP contribution is 2.12. The van der Waals surface area contributed by atoms with Crippen LogP contribution in [0.4, 0.5) is 4.39 Å². The Kier molecular flexibility index (Phi) is 4.12. The highest BCUT2D eigenvalue weighted by atomic mass is 19.1. The lowest BCUT2D eigenvalue weighted by Gasteiger charge is -2.22. The summed E-state index contributed by atoms with van der Waals surface area (Å²) in [6.07, 6.45) is 0.130. The second kappa shape index (κ2) is 6.19. The van der Waals surface area contributed by atoms with E-state index in [1.807, 2.05) is 0 Å². The summed E-state index contributed by atoms with van der Waals surface area (Å²) in [5.41, 5.74) is 1.38. The van der Waals surface area contributed by atoms with Crippen molar-refractivity contribution in [3.05, 3.63) is 29.8 Å². The van der Waals surface area contributed by atoms with E-state index in [-0.39, 0.29) is 11.7 Å². The minimum Gasteiger partial charge on any atom is -0.366 e. The van der Waals surface area contributed by atoms with E-state index in [1.165, 1.54) is 12.1 Å². The van der Waals surface area contributed by atoms with Gasteiger partial charge >= 0.3 is 0 Å². The molecule has 3 rings (SSSR count). The molecule has 1 aromatic carbocycles. The SMILES string of the molecule is O=C(NCCc1nc2ccc(F)cc2[nH]1)[C@H]1CNCCO1. The number of nitrogens with zero attached hydrogens (tertiary/aromatic N) is 1. The molecule has 0 bridgehead atoms. The van der Waals surface area contributed by atoms with Gasteiger partial charge in [-0.1, -0.05) is 0 Å². The van der Waals surface area contributed by atoms with Crippen molar-refractivity contribution in [2.24, 2.45) is 0 Å². The van der Waals surface area contributed by atoms with Gasteiger partial charge in [0.15, 0.2) is 0 Å². The van der Waals surface area contributed by atoms with Crippen molar-refractivity contribution in [2.75, 3.05) is 26.2 Å². The molecule has 0 radical (unpaired) electrons. The lowest BCUT2D eigenvalue weighted by Crippen LogP contribution is -2.48. The van der Waals surface area contributed by atoms with Gasteiger partial charge in [-0.2, -0.15) is 0 Å². The molecule has 1 aromatic heterocycles. The van der Waals surface area contributed by atoms with Crippen LogP contribution in [0.3, 0.4) is 0 Å². The lowest BCUT2D eigenvalue weighted by atomic mass is 10.3. The average molecular weight is 292 g/mol. The molecule has 1 amide bonds. The zero-order valence-electron chi connectivity index (χ0n) is 11.5. The van der Waals surface area contributed by atoms with Crippen LogP contribution >= 0.6 is 0 Å². The molecule has 0 spiro atoms. The molecule has 2 heterocycles. The first-order valence-corrected chi connectivity index (χ1v) is 6.96. The Morgan fingerprint density at radius 3 is 3.24 bits per heavy atom. The summed E-state index contributed by atoms with van der Waals surface area (Å²) in [4.78, 5) is 19.2. The van der Waals surface area contributed by atoms with Gasteiger partial charge in [-0.15, -0.1) is 0 Å². The largest absolute Gasteiger partial charge is 0.366 e. The lowest BCUT2D eigenvalue weighted by molar-refractivity contribution is -0.134. The molecule has 2 aromatic rings. The van der Waals surface area contributed by atoms with Crippen molar-refractivity contribution in [2.45, 2.75) is 12.5 Å². The van der Waals surface area contributed by atoms with Crippen molar-refractivity contribution in [1.82, 2.24) is 20.6 Å². The fourth-order valence-electron chi connectivity index (χ4n) is 2.30. The second-order valence-corrected chi connectivity index (χ2v) is 4.95. The quantitative estimate of drug-likeness (QED) is 0.760. The van der Waals surface area contributed by atoms with E-state index in [4.69, 9.17) is 4.74 Å². The third-order valence-electron chi connectivity index (χ3n) is 3.37. The number of hydrogen-bond donors (Lipinski definition) is 3. The van der Waals surface area contributed by atoms with Gasteiger partial charge in [-0.05, 0) is 18.2 Å². The summed E-state index contributed by atoms with van der Waals surface area (Å²) in [7, 11) is 0. The van der Waals surface area contributed by atoms with Crippen LogP contribution in [0.25, 0.3) is 11.0 Å². The maximum Gasteiger partial charge on any atom is 0.250 e. The molecule has 1 atom stereocenters. The number of nitrogens with one attached hydrogen (secondary N) is 3. The summed E-state index contributed by atoms with van der Waals surface area (Å²) in [5.74, 6) is 0.302. The number of hydrogen-bond acceptors (Lipinski definition) is 4. The first-order valence-electron chi connectivity index (χ1n) is 6.96. The van der Waals surface area contributed by atoms with E-state index < -0.39 is 6.10 Å². The Balaban J connectivity index is 1.53. The Morgan fingerprint density at radius 1 is 1.52 bits per heavy atom.